The van der Waals surface area contributed by atoms with Crippen molar-refractivity contribution >= 4 is 65.0 Å². The van der Waals surface area contributed by atoms with Crippen molar-refractivity contribution < 1.29 is 73.2 Å². The van der Waals surface area contributed by atoms with E-state index in [9.17, 15) is 73.2 Å². The largest absolute Gasteiger partial charge is 0.481 e. The summed E-state index contributed by atoms with van der Waals surface area (Å²) in [7, 11) is 0. The van der Waals surface area contributed by atoms with Gasteiger partial charge in [0.25, 0.3) is 0 Å². The lowest BCUT2D eigenvalue weighted by Crippen LogP contribution is -2.62. The van der Waals surface area contributed by atoms with Gasteiger partial charge in [0.05, 0.1) is 25.8 Å². The first kappa shape index (κ1) is 58.5. The van der Waals surface area contributed by atoms with Crippen molar-refractivity contribution in [3.05, 3.63) is 35.9 Å². The Balaban J connectivity index is 3.41. The molecule has 0 spiro atoms. The Labute approximate surface area is 388 Å². The quantitative estimate of drug-likeness (QED) is 0.0353. The van der Waals surface area contributed by atoms with Crippen LogP contribution in [-0.4, -0.2) is 153 Å². The smallest absolute Gasteiger partial charge is 0.303 e. The highest BCUT2D eigenvalue weighted by atomic mass is 16.4. The Hall–Kier alpha value is -6.53. The van der Waals surface area contributed by atoms with Crippen LogP contribution < -0.4 is 48.3 Å². The third-order valence-electron chi connectivity index (χ3n) is 10.2. The molecule has 0 radical (unpaired) electrons. The number of aliphatic hydroxyl groups is 2. The van der Waals surface area contributed by atoms with Gasteiger partial charge in [-0.2, -0.15) is 0 Å². The van der Waals surface area contributed by atoms with Gasteiger partial charge in [-0.25, -0.2) is 0 Å². The highest BCUT2D eigenvalue weighted by molar-refractivity contribution is 5.98. The summed E-state index contributed by atoms with van der Waals surface area (Å²) in [5.41, 5.74) is 6.02. The van der Waals surface area contributed by atoms with Crippen LogP contribution in [-0.2, 0) is 59.2 Å². The molecule has 24 nitrogen and oxygen atoms in total. The van der Waals surface area contributed by atoms with E-state index in [1.165, 1.54) is 13.8 Å². The summed E-state index contributed by atoms with van der Waals surface area (Å²) in [4.78, 5) is 142. The van der Waals surface area contributed by atoms with E-state index in [-0.39, 0.29) is 6.42 Å². The molecule has 0 saturated carbocycles. The van der Waals surface area contributed by atoms with Gasteiger partial charge < -0.3 is 68.7 Å². The molecule has 0 aliphatic carbocycles. The van der Waals surface area contributed by atoms with E-state index in [0.717, 1.165) is 6.92 Å². The Morgan fingerprint density at radius 1 is 0.478 bits per heavy atom. The number of hydrogen-bond donors (Lipinski definition) is 13. The molecule has 24 heteroatoms. The number of carbonyl (C=O) groups excluding carboxylic acids is 9. The normalized spacial score (nSPS) is 14.7. The van der Waals surface area contributed by atoms with E-state index >= 15 is 0 Å². The molecule has 67 heavy (non-hydrogen) atoms. The Bertz CT molecular complexity index is 1900. The third kappa shape index (κ3) is 20.7. The molecule has 1 aromatic carbocycles. The SMILES string of the molecule is CC(=O)N[C@@H](CO)C(=O)N[C@H](C(=O)N[C@@H](CCC(=O)O)C(=O)N[C@H](C(=O)N[C@@H](CO)C(=O)N[C@@H](Cc1ccccc1)C(=O)N[C@@H](CCC(=O)O)C(=O)N[C@H](C(=O)CN)C(C)C)C(C)C)C(C)C. The number of nitrogens with two attached hydrogens (primary N) is 1. The average molecular weight is 950 g/mol. The fourth-order valence-electron chi connectivity index (χ4n) is 6.41. The number of nitrogens with one attached hydrogen (secondary N) is 8. The fraction of sp³-hybridized carbons (Fsp3) is 0.605. The first-order valence-corrected chi connectivity index (χ1v) is 21.7. The molecular formula is C43H67N9O15. The highest BCUT2D eigenvalue weighted by Gasteiger charge is 2.36. The Kier molecular flexibility index (Phi) is 25.5. The average Bonchev–Trinajstić information content (AvgIpc) is 3.26. The second-order valence-corrected chi connectivity index (χ2v) is 16.8. The number of amides is 8. The zero-order valence-corrected chi connectivity index (χ0v) is 38.8. The summed E-state index contributed by atoms with van der Waals surface area (Å²) >= 11 is 0. The molecule has 0 unspecified atom stereocenters. The summed E-state index contributed by atoms with van der Waals surface area (Å²) in [5, 5.41) is 57.8. The van der Waals surface area contributed by atoms with E-state index < -0.39 is 177 Å². The number of rotatable bonds is 30. The maximum absolute atomic E-state index is 13.9. The van der Waals surface area contributed by atoms with E-state index in [2.05, 4.69) is 42.5 Å². The van der Waals surface area contributed by atoms with Gasteiger partial charge in [-0.05, 0) is 36.2 Å². The van der Waals surface area contributed by atoms with Crippen LogP contribution in [0.1, 0.15) is 79.7 Å². The maximum Gasteiger partial charge on any atom is 0.303 e. The van der Waals surface area contributed by atoms with Crippen LogP contribution in [0.4, 0.5) is 0 Å². The van der Waals surface area contributed by atoms with Gasteiger partial charge in [0.1, 0.15) is 42.3 Å². The van der Waals surface area contributed by atoms with Crippen LogP contribution >= 0.6 is 0 Å². The lowest BCUT2D eigenvalue weighted by molar-refractivity contribution is -0.139. The van der Waals surface area contributed by atoms with Crippen molar-refractivity contribution in [2.75, 3.05) is 19.8 Å². The molecule has 8 atom stereocenters. The number of carboxylic acid groups (broad SMARTS) is 2. The van der Waals surface area contributed by atoms with Gasteiger partial charge >= 0.3 is 11.9 Å². The summed E-state index contributed by atoms with van der Waals surface area (Å²) < 4.78 is 0. The number of carboxylic acids is 2. The number of benzene rings is 1. The molecule has 14 N–H and O–H groups in total. The molecule has 8 amide bonds. The van der Waals surface area contributed by atoms with Crippen molar-refractivity contribution in [1.29, 1.82) is 0 Å². The van der Waals surface area contributed by atoms with Gasteiger partial charge in [-0.15, -0.1) is 0 Å². The predicted molar refractivity (Wildman–Crippen MR) is 238 cm³/mol. The number of Topliss-reactive ketones (excluding diaryl/α,β-unsaturated/α-hetero) is 1. The van der Waals surface area contributed by atoms with Crippen molar-refractivity contribution in [1.82, 2.24) is 42.5 Å². The minimum atomic E-state index is -1.77. The summed E-state index contributed by atoms with van der Waals surface area (Å²) in [6.45, 7) is 8.24. The number of hydrogen-bond acceptors (Lipinski definition) is 14. The van der Waals surface area contributed by atoms with Crippen molar-refractivity contribution in [2.45, 2.75) is 129 Å². The topological polar surface area (TPSA) is 391 Å². The molecule has 0 aromatic heterocycles. The molecule has 0 saturated heterocycles. The minimum Gasteiger partial charge on any atom is -0.481 e. The van der Waals surface area contributed by atoms with Crippen LogP contribution in [0.25, 0.3) is 0 Å². The van der Waals surface area contributed by atoms with Crippen molar-refractivity contribution in [3.8, 4) is 0 Å². The lowest BCUT2D eigenvalue weighted by Gasteiger charge is -2.29. The monoisotopic (exact) mass is 949 g/mol. The van der Waals surface area contributed by atoms with Gasteiger partial charge in [0.15, 0.2) is 5.78 Å². The molecule has 0 bridgehead atoms. The number of aliphatic carboxylic acids is 2. The molecule has 1 aromatic rings. The van der Waals surface area contributed by atoms with Gasteiger partial charge in [-0.3, -0.25) is 52.7 Å². The summed E-state index contributed by atoms with van der Waals surface area (Å²) in [5.74, 6) is -12.5. The number of ketones is 1. The van der Waals surface area contributed by atoms with Crippen LogP contribution in [0.15, 0.2) is 30.3 Å². The van der Waals surface area contributed by atoms with Crippen LogP contribution in [0.5, 0.6) is 0 Å². The van der Waals surface area contributed by atoms with Crippen LogP contribution in [0, 0.1) is 17.8 Å². The summed E-state index contributed by atoms with van der Waals surface area (Å²) in [6.07, 6.45) is -2.32. The standard InChI is InChI=1S/C43H67N9O15/c1-21(2)34(31(56)18-44)50-37(61)26(13-15-32(57)58)46-39(63)28(17-25-11-9-8-10-12-25)48-40(64)30(20-54)49-43(67)36(23(5)6)51-38(62)27(14-16-33(59)60)47-42(66)35(22(3)4)52-41(65)29(19-53)45-24(7)55/h8-12,21-23,26-30,34-36,53-54H,13-20,44H2,1-7H3,(H,45,55)(H,46,63)(H,47,66)(H,48,64)(H,49,67)(H,50,61)(H,51,62)(H,52,65)(H,57,58)(H,59,60)/t26-,27-,28-,29-,30-,34-,35-,36-/m0/s1. The predicted octanol–water partition coefficient (Wildman–Crippen LogP) is -3.66. The number of aliphatic hydroxyl groups excluding tert-OH is 2. The number of carbonyl (C=O) groups is 11. The van der Waals surface area contributed by atoms with Crippen LogP contribution in [0.3, 0.4) is 0 Å². The Morgan fingerprint density at radius 3 is 1.21 bits per heavy atom. The molecular weight excluding hydrogens is 883 g/mol. The van der Waals surface area contributed by atoms with Crippen LogP contribution in [0.2, 0.25) is 0 Å². The van der Waals surface area contributed by atoms with Crippen molar-refractivity contribution in [3.63, 3.8) is 0 Å². The van der Waals surface area contributed by atoms with E-state index in [1.807, 2.05) is 0 Å². The first-order valence-electron chi connectivity index (χ1n) is 21.7. The molecule has 1 rings (SSSR count). The fourth-order valence-corrected chi connectivity index (χ4v) is 6.41. The van der Waals surface area contributed by atoms with E-state index in [1.54, 1.807) is 58.0 Å². The maximum atomic E-state index is 13.9. The lowest BCUT2D eigenvalue weighted by atomic mass is 9.98. The van der Waals surface area contributed by atoms with Gasteiger partial charge in [-0.1, -0.05) is 71.9 Å². The second kappa shape index (κ2) is 29.2. The molecule has 0 heterocycles. The van der Waals surface area contributed by atoms with Gasteiger partial charge in [0.2, 0.25) is 47.3 Å². The molecule has 0 fully saturated rings. The first-order chi connectivity index (χ1) is 31.4. The molecule has 0 aliphatic heterocycles. The second-order valence-electron chi connectivity index (χ2n) is 16.8. The zero-order chi connectivity index (χ0) is 51.1. The molecule has 0 aliphatic rings. The highest BCUT2D eigenvalue weighted by Crippen LogP contribution is 2.11. The summed E-state index contributed by atoms with van der Waals surface area (Å²) in [6, 6.07) is -3.48. The van der Waals surface area contributed by atoms with Crippen molar-refractivity contribution in [2.24, 2.45) is 23.5 Å². The minimum absolute atomic E-state index is 0.204. The third-order valence-corrected chi connectivity index (χ3v) is 10.2. The van der Waals surface area contributed by atoms with Gasteiger partial charge in [0, 0.05) is 26.2 Å². The zero-order valence-electron chi connectivity index (χ0n) is 38.8. The van der Waals surface area contributed by atoms with E-state index in [4.69, 9.17) is 5.73 Å². The Morgan fingerprint density at radius 2 is 0.821 bits per heavy atom. The molecule has 374 valence electrons. The van der Waals surface area contributed by atoms with E-state index in [0.29, 0.717) is 5.56 Å².